The normalized spacial score (nSPS) is 18.3. The van der Waals surface area contributed by atoms with Gasteiger partial charge in [-0.05, 0) is 48.4 Å². The van der Waals surface area contributed by atoms with Gasteiger partial charge in [-0.3, -0.25) is 4.98 Å². The molecule has 2 aliphatic carbocycles. The first-order valence-electron chi connectivity index (χ1n) is 11.4. The lowest BCUT2D eigenvalue weighted by atomic mass is 9.88. The summed E-state index contributed by atoms with van der Waals surface area (Å²) >= 11 is 0. The van der Waals surface area contributed by atoms with Crippen molar-refractivity contribution in [3.8, 4) is 11.4 Å². The minimum Gasteiger partial charge on any atom is -0.379 e. The number of anilines is 1. The first-order valence-corrected chi connectivity index (χ1v) is 11.4. The minimum atomic E-state index is -4.91. The van der Waals surface area contributed by atoms with Crippen molar-refractivity contribution in [1.82, 2.24) is 24.6 Å². The van der Waals surface area contributed by atoms with Gasteiger partial charge >= 0.3 is 6.18 Å². The van der Waals surface area contributed by atoms with Gasteiger partial charge in [0.1, 0.15) is 5.82 Å². The summed E-state index contributed by atoms with van der Waals surface area (Å²) in [6.45, 7) is 0. The average molecular weight is 496 g/mol. The summed E-state index contributed by atoms with van der Waals surface area (Å²) in [5.41, 5.74) is 4.66. The van der Waals surface area contributed by atoms with Crippen LogP contribution < -0.4 is 5.32 Å². The Bertz CT molecular complexity index is 1510. The Labute approximate surface area is 202 Å². The molecular formula is C25H20F4N6O. The predicted molar refractivity (Wildman–Crippen MR) is 123 cm³/mol. The molecule has 4 aromatic rings. The van der Waals surface area contributed by atoms with E-state index in [0.29, 0.717) is 6.42 Å². The largest absolute Gasteiger partial charge is 0.418 e. The van der Waals surface area contributed by atoms with Gasteiger partial charge in [-0.25, -0.2) is 9.37 Å². The van der Waals surface area contributed by atoms with Gasteiger partial charge in [0.2, 0.25) is 5.95 Å². The number of aliphatic hydroxyl groups is 1. The maximum Gasteiger partial charge on any atom is 0.418 e. The van der Waals surface area contributed by atoms with E-state index in [2.05, 4.69) is 37.5 Å². The highest BCUT2D eigenvalue weighted by atomic mass is 19.4. The molecule has 184 valence electrons. The van der Waals surface area contributed by atoms with Crippen molar-refractivity contribution in [2.75, 3.05) is 5.32 Å². The van der Waals surface area contributed by atoms with E-state index in [9.17, 15) is 22.7 Å². The van der Waals surface area contributed by atoms with Gasteiger partial charge in [0, 0.05) is 17.8 Å². The van der Waals surface area contributed by atoms with Crippen LogP contribution in [0.25, 0.3) is 22.6 Å². The van der Waals surface area contributed by atoms with E-state index in [1.807, 2.05) is 12.1 Å². The lowest BCUT2D eigenvalue weighted by molar-refractivity contribution is -0.206. The third kappa shape index (κ3) is 3.89. The Morgan fingerprint density at radius 2 is 1.94 bits per heavy atom. The molecule has 0 amide bonds. The predicted octanol–water partition coefficient (Wildman–Crippen LogP) is 4.90. The highest BCUT2D eigenvalue weighted by molar-refractivity contribution is 5.77. The van der Waals surface area contributed by atoms with Gasteiger partial charge in [0.25, 0.3) is 0 Å². The van der Waals surface area contributed by atoms with E-state index in [1.165, 1.54) is 28.5 Å². The number of benzene rings is 1. The van der Waals surface area contributed by atoms with Crippen molar-refractivity contribution in [2.45, 2.75) is 44.0 Å². The molecule has 0 aliphatic heterocycles. The Hall–Kier alpha value is -3.86. The van der Waals surface area contributed by atoms with Crippen LogP contribution in [-0.2, 0) is 6.42 Å². The minimum absolute atomic E-state index is 0.0324. The fraction of sp³-hybridized carbons (Fsp3) is 0.280. The molecule has 3 heterocycles. The summed E-state index contributed by atoms with van der Waals surface area (Å²) in [5, 5.41) is 17.3. The van der Waals surface area contributed by atoms with Gasteiger partial charge in [-0.2, -0.15) is 27.8 Å². The molecule has 6 rings (SSSR count). The number of allylic oxidation sites excluding steroid dienone is 1. The molecule has 2 aliphatic rings. The fourth-order valence-electron chi connectivity index (χ4n) is 5.01. The number of halogens is 4. The molecule has 0 spiro atoms. The second-order valence-corrected chi connectivity index (χ2v) is 9.04. The third-order valence-corrected chi connectivity index (χ3v) is 6.71. The molecule has 0 saturated heterocycles. The first kappa shape index (κ1) is 22.6. The Kier molecular flexibility index (Phi) is 5.25. The third-order valence-electron chi connectivity index (χ3n) is 6.71. The number of nitrogens with one attached hydrogen (secondary N) is 1. The summed E-state index contributed by atoms with van der Waals surface area (Å²) in [7, 11) is 0. The molecule has 11 heteroatoms. The molecular weight excluding hydrogens is 476 g/mol. The second-order valence-electron chi connectivity index (χ2n) is 9.04. The number of hydrogen-bond acceptors (Lipinski definition) is 6. The van der Waals surface area contributed by atoms with E-state index in [-0.39, 0.29) is 29.0 Å². The van der Waals surface area contributed by atoms with Crippen molar-refractivity contribution in [2.24, 2.45) is 0 Å². The zero-order chi connectivity index (χ0) is 25.0. The lowest BCUT2D eigenvalue weighted by Crippen LogP contribution is -2.26. The zero-order valence-electron chi connectivity index (χ0n) is 18.8. The lowest BCUT2D eigenvalue weighted by Gasteiger charge is -2.26. The van der Waals surface area contributed by atoms with Crippen molar-refractivity contribution < 1.29 is 22.7 Å². The summed E-state index contributed by atoms with van der Waals surface area (Å²) < 4.78 is 55.0. The Morgan fingerprint density at radius 3 is 2.75 bits per heavy atom. The summed E-state index contributed by atoms with van der Waals surface area (Å²) in [6.07, 6.45) is -1.11. The molecule has 0 unspecified atom stereocenters. The maximum atomic E-state index is 13.8. The summed E-state index contributed by atoms with van der Waals surface area (Å²) in [5.74, 6) is -0.517. The molecule has 7 nitrogen and oxygen atoms in total. The van der Waals surface area contributed by atoms with Crippen LogP contribution >= 0.6 is 0 Å². The SMILES string of the molecule is O[C@H](c1cnn2c(N[C@@H]3CCC4=C(C3)c3ccccc3C4)nc(-c3cncc(F)c3)nc12)C(F)(F)F. The number of alkyl halides is 3. The number of pyridine rings is 1. The van der Waals surface area contributed by atoms with Crippen LogP contribution in [0.3, 0.4) is 0 Å². The van der Waals surface area contributed by atoms with E-state index in [4.69, 9.17) is 0 Å². The smallest absolute Gasteiger partial charge is 0.379 e. The van der Waals surface area contributed by atoms with Gasteiger partial charge in [-0.1, -0.05) is 29.8 Å². The average Bonchev–Trinajstić information content (AvgIpc) is 3.44. The number of nitrogens with zero attached hydrogens (tertiary/aromatic N) is 5. The van der Waals surface area contributed by atoms with Gasteiger partial charge in [0.15, 0.2) is 17.6 Å². The number of rotatable bonds is 4. The number of fused-ring (bicyclic) bond motifs is 3. The monoisotopic (exact) mass is 496 g/mol. The number of aliphatic hydroxyl groups excluding tert-OH is 1. The molecule has 2 atom stereocenters. The summed E-state index contributed by atoms with van der Waals surface area (Å²) in [6, 6.07) is 9.35. The van der Waals surface area contributed by atoms with Crippen LogP contribution in [-0.4, -0.2) is 41.9 Å². The second kappa shape index (κ2) is 8.37. The topological polar surface area (TPSA) is 88.2 Å². The van der Waals surface area contributed by atoms with E-state index >= 15 is 0 Å². The van der Waals surface area contributed by atoms with Crippen molar-refractivity contribution >= 4 is 17.2 Å². The highest BCUT2D eigenvalue weighted by Crippen LogP contribution is 2.42. The fourth-order valence-corrected chi connectivity index (χ4v) is 5.01. The first-order chi connectivity index (χ1) is 17.3. The van der Waals surface area contributed by atoms with Crippen LogP contribution in [0.5, 0.6) is 0 Å². The van der Waals surface area contributed by atoms with Crippen molar-refractivity contribution in [1.29, 1.82) is 0 Å². The molecule has 36 heavy (non-hydrogen) atoms. The Morgan fingerprint density at radius 1 is 1.11 bits per heavy atom. The van der Waals surface area contributed by atoms with E-state index in [0.717, 1.165) is 42.2 Å². The van der Waals surface area contributed by atoms with Crippen LogP contribution in [0.2, 0.25) is 0 Å². The highest BCUT2D eigenvalue weighted by Gasteiger charge is 2.42. The maximum absolute atomic E-state index is 13.8. The number of aromatic nitrogens is 5. The van der Waals surface area contributed by atoms with Crippen molar-refractivity contribution in [3.63, 3.8) is 0 Å². The van der Waals surface area contributed by atoms with Crippen LogP contribution in [0.4, 0.5) is 23.5 Å². The molecule has 0 radical (unpaired) electrons. The summed E-state index contributed by atoms with van der Waals surface area (Å²) in [4.78, 5) is 12.4. The molecule has 2 N–H and O–H groups in total. The zero-order valence-corrected chi connectivity index (χ0v) is 18.8. The van der Waals surface area contributed by atoms with Gasteiger partial charge < -0.3 is 10.4 Å². The molecule has 0 saturated carbocycles. The van der Waals surface area contributed by atoms with Gasteiger partial charge in [0.05, 0.1) is 18.0 Å². The van der Waals surface area contributed by atoms with Crippen LogP contribution in [0.1, 0.15) is 42.1 Å². The molecule has 0 bridgehead atoms. The van der Waals surface area contributed by atoms with E-state index < -0.39 is 23.7 Å². The molecule has 0 fully saturated rings. The van der Waals surface area contributed by atoms with Crippen molar-refractivity contribution in [3.05, 3.63) is 77.0 Å². The molecule has 3 aromatic heterocycles. The number of hydrogen-bond donors (Lipinski definition) is 2. The van der Waals surface area contributed by atoms with Crippen LogP contribution in [0, 0.1) is 5.82 Å². The van der Waals surface area contributed by atoms with Gasteiger partial charge in [-0.15, -0.1) is 0 Å². The quantitative estimate of drug-likeness (QED) is 0.391. The van der Waals surface area contributed by atoms with E-state index in [1.54, 1.807) is 0 Å². The molecule has 1 aromatic carbocycles. The van der Waals surface area contributed by atoms with Crippen LogP contribution in [0.15, 0.2) is 54.5 Å². The Balaban J connectivity index is 1.40. The standard InChI is InChI=1S/C25H20F4N6O/c26-16-8-15(10-30-11-16)22-33-23-20(21(36)25(27,28)29)12-31-35(23)24(34-22)32-17-6-5-14-7-13-3-1-2-4-18(13)19(14)9-17/h1-4,8,10-12,17,21,36H,5-7,9H2,(H,32,33,34)/t17-,21-/m1/s1.